The van der Waals surface area contributed by atoms with Crippen LogP contribution in [0.2, 0.25) is 10.0 Å². The molecule has 0 aliphatic rings. The average molecular weight is 274 g/mol. The van der Waals surface area contributed by atoms with E-state index in [4.69, 9.17) is 23.2 Å². The van der Waals surface area contributed by atoms with Crippen LogP contribution in [0.25, 0.3) is 0 Å². The van der Waals surface area contributed by atoms with Crippen molar-refractivity contribution in [2.24, 2.45) is 5.92 Å². The number of likely N-dealkylation sites (N-methyl/N-ethyl adjacent to an activating group) is 1. The van der Waals surface area contributed by atoms with E-state index in [9.17, 15) is 0 Å². The quantitative estimate of drug-likeness (QED) is 0.801. The zero-order valence-corrected chi connectivity index (χ0v) is 12.3. The lowest BCUT2D eigenvalue weighted by Gasteiger charge is -2.24. The summed E-state index contributed by atoms with van der Waals surface area (Å²) in [4.78, 5) is 0. The second-order valence-electron chi connectivity index (χ2n) is 4.58. The van der Waals surface area contributed by atoms with E-state index in [2.05, 4.69) is 25.2 Å². The second-order valence-corrected chi connectivity index (χ2v) is 5.36. The number of halogens is 2. The van der Waals surface area contributed by atoms with Crippen LogP contribution in [0, 0.1) is 5.92 Å². The molecule has 2 atom stereocenters. The molecule has 0 heterocycles. The van der Waals surface area contributed by atoms with E-state index in [0.29, 0.717) is 22.0 Å². The monoisotopic (exact) mass is 273 g/mol. The topological polar surface area (TPSA) is 12.0 Å². The molecule has 0 spiro atoms. The Kier molecular flexibility index (Phi) is 6.32. The van der Waals surface area contributed by atoms with E-state index in [1.807, 2.05) is 19.2 Å². The molecule has 1 rings (SSSR count). The van der Waals surface area contributed by atoms with Crippen molar-refractivity contribution in [3.63, 3.8) is 0 Å². The first-order valence-electron chi connectivity index (χ1n) is 6.20. The minimum Gasteiger partial charge on any atom is -0.316 e. The third-order valence-electron chi connectivity index (χ3n) is 3.27. The predicted octanol–water partition coefficient (Wildman–Crippen LogP) is 4.56. The molecule has 3 heteroatoms. The molecule has 1 aromatic carbocycles. The van der Waals surface area contributed by atoms with Gasteiger partial charge in [0.05, 0.1) is 10.0 Å². The van der Waals surface area contributed by atoms with Gasteiger partial charge in [-0.25, -0.2) is 0 Å². The molecule has 0 bridgehead atoms. The van der Waals surface area contributed by atoms with Gasteiger partial charge in [0.2, 0.25) is 0 Å². The first kappa shape index (κ1) is 14.8. The standard InChI is InChI=1S/C14H21Cl2N/c1-4-6-10(2)13(17-3)9-11-7-5-8-12(15)14(11)16/h5,7-8,10,13,17H,4,6,9H2,1-3H3. The first-order valence-corrected chi connectivity index (χ1v) is 6.95. The van der Waals surface area contributed by atoms with Crippen molar-refractivity contribution in [2.75, 3.05) is 7.05 Å². The molecule has 0 saturated carbocycles. The summed E-state index contributed by atoms with van der Waals surface area (Å²) < 4.78 is 0. The largest absolute Gasteiger partial charge is 0.316 e. The van der Waals surface area contributed by atoms with E-state index in [1.54, 1.807) is 0 Å². The van der Waals surface area contributed by atoms with E-state index in [0.717, 1.165) is 12.0 Å². The highest BCUT2D eigenvalue weighted by Gasteiger charge is 2.17. The number of hydrogen-bond donors (Lipinski definition) is 1. The summed E-state index contributed by atoms with van der Waals surface area (Å²) in [5.41, 5.74) is 1.13. The minimum absolute atomic E-state index is 0.450. The van der Waals surface area contributed by atoms with Gasteiger partial charge in [0.25, 0.3) is 0 Å². The Labute approximate surface area is 115 Å². The van der Waals surface area contributed by atoms with Crippen LogP contribution in [0.3, 0.4) is 0 Å². The number of benzene rings is 1. The minimum atomic E-state index is 0.450. The van der Waals surface area contributed by atoms with Gasteiger partial charge in [0.1, 0.15) is 0 Å². The zero-order valence-electron chi connectivity index (χ0n) is 10.8. The van der Waals surface area contributed by atoms with E-state index in [-0.39, 0.29) is 0 Å². The highest BCUT2D eigenvalue weighted by atomic mass is 35.5. The summed E-state index contributed by atoms with van der Waals surface area (Å²) in [6, 6.07) is 6.29. The Balaban J connectivity index is 2.77. The van der Waals surface area contributed by atoms with Crippen LogP contribution in [0.15, 0.2) is 18.2 Å². The van der Waals surface area contributed by atoms with Crippen LogP contribution in [0.1, 0.15) is 32.3 Å². The maximum absolute atomic E-state index is 6.22. The third-order valence-corrected chi connectivity index (χ3v) is 4.13. The molecule has 96 valence electrons. The summed E-state index contributed by atoms with van der Waals surface area (Å²) in [7, 11) is 2.01. The summed E-state index contributed by atoms with van der Waals surface area (Å²) in [6.07, 6.45) is 3.36. The van der Waals surface area contributed by atoms with Crippen molar-refractivity contribution < 1.29 is 0 Å². The third kappa shape index (κ3) is 4.17. The Bertz CT molecular complexity index is 352. The molecular weight excluding hydrogens is 253 g/mol. The first-order chi connectivity index (χ1) is 8.10. The van der Waals surface area contributed by atoms with Crippen molar-refractivity contribution in [3.8, 4) is 0 Å². The maximum atomic E-state index is 6.22. The SMILES string of the molecule is CCCC(C)C(Cc1cccc(Cl)c1Cl)NC. The summed E-state index contributed by atoms with van der Waals surface area (Å²) in [5.74, 6) is 0.639. The molecular formula is C14H21Cl2N. The van der Waals surface area contributed by atoms with Crippen molar-refractivity contribution >= 4 is 23.2 Å². The Hall–Kier alpha value is -0.240. The van der Waals surface area contributed by atoms with E-state index >= 15 is 0 Å². The Morgan fingerprint density at radius 1 is 1.29 bits per heavy atom. The average Bonchev–Trinajstić information content (AvgIpc) is 2.31. The van der Waals surface area contributed by atoms with Crippen molar-refractivity contribution in [2.45, 2.75) is 39.2 Å². The molecule has 0 fully saturated rings. The fourth-order valence-electron chi connectivity index (χ4n) is 2.19. The summed E-state index contributed by atoms with van der Waals surface area (Å²) in [6.45, 7) is 4.50. The highest BCUT2D eigenvalue weighted by Crippen LogP contribution is 2.27. The van der Waals surface area contributed by atoms with Crippen LogP contribution in [0.4, 0.5) is 0 Å². The molecule has 1 N–H and O–H groups in total. The van der Waals surface area contributed by atoms with Gasteiger partial charge in [-0.1, -0.05) is 55.6 Å². The maximum Gasteiger partial charge on any atom is 0.0624 e. The second kappa shape index (κ2) is 7.25. The van der Waals surface area contributed by atoms with Crippen LogP contribution >= 0.6 is 23.2 Å². The van der Waals surface area contributed by atoms with Gasteiger partial charge in [0.15, 0.2) is 0 Å². The molecule has 17 heavy (non-hydrogen) atoms. The Morgan fingerprint density at radius 3 is 2.59 bits per heavy atom. The van der Waals surface area contributed by atoms with Gasteiger partial charge < -0.3 is 5.32 Å². The Morgan fingerprint density at radius 2 is 2.00 bits per heavy atom. The molecule has 0 saturated heterocycles. The smallest absolute Gasteiger partial charge is 0.0624 e. The molecule has 1 aromatic rings. The molecule has 0 aromatic heterocycles. The normalized spacial score (nSPS) is 14.6. The van der Waals surface area contributed by atoms with E-state index in [1.165, 1.54) is 12.8 Å². The molecule has 2 unspecified atom stereocenters. The summed E-state index contributed by atoms with van der Waals surface area (Å²) >= 11 is 12.2. The molecule has 0 radical (unpaired) electrons. The lowest BCUT2D eigenvalue weighted by molar-refractivity contribution is 0.372. The fraction of sp³-hybridized carbons (Fsp3) is 0.571. The van der Waals surface area contributed by atoms with Crippen molar-refractivity contribution in [3.05, 3.63) is 33.8 Å². The van der Waals surface area contributed by atoms with Gasteiger partial charge in [0, 0.05) is 6.04 Å². The fourth-order valence-corrected chi connectivity index (χ4v) is 2.58. The predicted molar refractivity (Wildman–Crippen MR) is 77.1 cm³/mol. The molecule has 1 nitrogen and oxygen atoms in total. The van der Waals surface area contributed by atoms with Crippen LogP contribution < -0.4 is 5.32 Å². The van der Waals surface area contributed by atoms with Crippen LogP contribution in [-0.2, 0) is 6.42 Å². The van der Waals surface area contributed by atoms with Gasteiger partial charge in [-0.2, -0.15) is 0 Å². The van der Waals surface area contributed by atoms with Gasteiger partial charge >= 0.3 is 0 Å². The van der Waals surface area contributed by atoms with Crippen LogP contribution in [0.5, 0.6) is 0 Å². The van der Waals surface area contributed by atoms with Gasteiger partial charge in [-0.3, -0.25) is 0 Å². The summed E-state index contributed by atoms with van der Waals surface area (Å²) in [5, 5.41) is 4.71. The van der Waals surface area contributed by atoms with Crippen molar-refractivity contribution in [1.29, 1.82) is 0 Å². The molecule has 0 aliphatic heterocycles. The highest BCUT2D eigenvalue weighted by molar-refractivity contribution is 6.42. The van der Waals surface area contributed by atoms with Gasteiger partial charge in [-0.05, 0) is 37.4 Å². The number of hydrogen-bond acceptors (Lipinski definition) is 1. The van der Waals surface area contributed by atoms with Crippen LogP contribution in [-0.4, -0.2) is 13.1 Å². The molecule has 0 amide bonds. The lowest BCUT2D eigenvalue weighted by atomic mass is 9.91. The number of nitrogens with one attached hydrogen (secondary N) is 1. The number of rotatable bonds is 6. The van der Waals surface area contributed by atoms with Crippen molar-refractivity contribution in [1.82, 2.24) is 5.32 Å². The lowest BCUT2D eigenvalue weighted by Crippen LogP contribution is -2.34. The molecule has 0 aliphatic carbocycles. The van der Waals surface area contributed by atoms with Gasteiger partial charge in [-0.15, -0.1) is 0 Å². The zero-order chi connectivity index (χ0) is 12.8. The van der Waals surface area contributed by atoms with E-state index < -0.39 is 0 Å².